The van der Waals surface area contributed by atoms with Crippen LogP contribution in [0.15, 0.2) is 12.2 Å². The van der Waals surface area contributed by atoms with Crippen molar-refractivity contribution in [3.8, 4) is 23.7 Å². The Morgan fingerprint density at radius 3 is 1.80 bits per heavy atom. The van der Waals surface area contributed by atoms with Gasteiger partial charge in [-0.15, -0.1) is 0 Å². The number of aliphatic hydroxyl groups excluding tert-OH is 4. The van der Waals surface area contributed by atoms with E-state index in [1.165, 1.54) is 64.2 Å². The third-order valence-corrected chi connectivity index (χ3v) is 5.18. The zero-order valence-electron chi connectivity index (χ0n) is 19.0. The van der Waals surface area contributed by atoms with Gasteiger partial charge in [0.05, 0.1) is 6.10 Å². The highest BCUT2D eigenvalue weighted by molar-refractivity contribution is 5.27. The van der Waals surface area contributed by atoms with E-state index in [4.69, 9.17) is 5.11 Å². The second-order valence-corrected chi connectivity index (χ2v) is 7.96. The first-order valence-corrected chi connectivity index (χ1v) is 11.9. The first-order chi connectivity index (χ1) is 14.6. The molecule has 0 heterocycles. The van der Waals surface area contributed by atoms with Gasteiger partial charge in [-0.2, -0.15) is 0 Å². The molecule has 0 unspecified atom stereocenters. The summed E-state index contributed by atoms with van der Waals surface area (Å²) in [5, 5.41) is 38.0. The van der Waals surface area contributed by atoms with Gasteiger partial charge in [0.1, 0.15) is 18.8 Å². The fourth-order valence-corrected chi connectivity index (χ4v) is 3.26. The molecule has 0 bridgehead atoms. The lowest BCUT2D eigenvalue weighted by Gasteiger charge is -2.19. The van der Waals surface area contributed by atoms with Crippen LogP contribution in [0.2, 0.25) is 0 Å². The minimum absolute atomic E-state index is 0.300. The van der Waals surface area contributed by atoms with E-state index in [0.717, 1.165) is 25.7 Å². The third-order valence-electron chi connectivity index (χ3n) is 5.18. The Hall–Kier alpha value is -1.30. The van der Waals surface area contributed by atoms with Gasteiger partial charge < -0.3 is 20.4 Å². The van der Waals surface area contributed by atoms with E-state index < -0.39 is 18.3 Å². The van der Waals surface area contributed by atoms with Crippen molar-refractivity contribution >= 4 is 0 Å². The smallest absolute Gasteiger partial charge is 0.144 e. The highest BCUT2D eigenvalue weighted by atomic mass is 16.4. The van der Waals surface area contributed by atoms with Crippen LogP contribution in [0.4, 0.5) is 0 Å². The lowest BCUT2D eigenvalue weighted by Crippen LogP contribution is -2.36. The van der Waals surface area contributed by atoms with Crippen molar-refractivity contribution in [2.75, 3.05) is 6.61 Å². The molecular weight excluding hydrogens is 376 g/mol. The number of hydrogen-bond acceptors (Lipinski definition) is 4. The summed E-state index contributed by atoms with van der Waals surface area (Å²) in [6, 6.07) is 0. The summed E-state index contributed by atoms with van der Waals surface area (Å²) < 4.78 is 0. The molecule has 0 aliphatic heterocycles. The van der Waals surface area contributed by atoms with Crippen LogP contribution in [0.5, 0.6) is 0 Å². The molecule has 0 aromatic heterocycles. The molecular formula is C26H44O4. The van der Waals surface area contributed by atoms with Crippen molar-refractivity contribution in [1.29, 1.82) is 0 Å². The summed E-state index contributed by atoms with van der Waals surface area (Å²) >= 11 is 0. The number of hydrogen-bond donors (Lipinski definition) is 4. The average Bonchev–Trinajstić information content (AvgIpc) is 2.75. The van der Waals surface area contributed by atoms with Crippen LogP contribution in [0, 0.1) is 23.7 Å². The highest BCUT2D eigenvalue weighted by Crippen LogP contribution is 2.13. The molecule has 0 radical (unpaired) electrons. The number of unbranched alkanes of at least 4 members (excludes halogenated alkanes) is 12. The fourth-order valence-electron chi connectivity index (χ4n) is 3.26. The normalized spacial score (nSPS) is 13.9. The van der Waals surface area contributed by atoms with Crippen molar-refractivity contribution in [3.05, 3.63) is 12.2 Å². The predicted molar refractivity (Wildman–Crippen MR) is 125 cm³/mol. The molecule has 0 rings (SSSR count). The van der Waals surface area contributed by atoms with E-state index in [2.05, 4.69) is 42.8 Å². The van der Waals surface area contributed by atoms with E-state index in [1.54, 1.807) is 0 Å². The maximum absolute atomic E-state index is 9.94. The first-order valence-electron chi connectivity index (χ1n) is 11.9. The molecule has 0 saturated carbocycles. The molecule has 172 valence electrons. The Labute approximate surface area is 184 Å². The fraction of sp³-hybridized carbons (Fsp3) is 0.769. The molecule has 0 aromatic rings. The maximum Gasteiger partial charge on any atom is 0.144 e. The minimum atomic E-state index is -1.33. The summed E-state index contributed by atoms with van der Waals surface area (Å²) in [6.45, 7) is 1.96. The van der Waals surface area contributed by atoms with Crippen molar-refractivity contribution < 1.29 is 20.4 Å². The number of allylic oxidation sites excluding steroid dienone is 2. The maximum atomic E-state index is 9.94. The number of rotatable bonds is 18. The summed E-state index contributed by atoms with van der Waals surface area (Å²) in [5.41, 5.74) is 0. The summed E-state index contributed by atoms with van der Waals surface area (Å²) in [4.78, 5) is 0. The second kappa shape index (κ2) is 22.4. The van der Waals surface area contributed by atoms with Crippen LogP contribution in [0.1, 0.15) is 103 Å². The van der Waals surface area contributed by atoms with Crippen molar-refractivity contribution in [2.24, 2.45) is 0 Å². The molecule has 3 atom stereocenters. The quantitative estimate of drug-likeness (QED) is 0.150. The SMILES string of the molecule is CCCCCCCCCC=CCCCCCCC[C@H](O)[C@@H](O)[C@H](O)C#CC#CCO. The molecule has 4 N–H and O–H groups in total. The van der Waals surface area contributed by atoms with Gasteiger partial charge in [-0.05, 0) is 43.9 Å². The van der Waals surface area contributed by atoms with Gasteiger partial charge in [-0.25, -0.2) is 0 Å². The lowest BCUT2D eigenvalue weighted by molar-refractivity contribution is -0.0415. The van der Waals surface area contributed by atoms with Crippen LogP contribution >= 0.6 is 0 Å². The molecule has 0 amide bonds. The third kappa shape index (κ3) is 18.7. The molecule has 0 saturated heterocycles. The Bertz CT molecular complexity index is 521. The molecule has 4 nitrogen and oxygen atoms in total. The standard InChI is InChI=1S/C26H44O4/c1-2-3-4-5-6-7-8-9-10-11-12-13-14-15-16-18-21-24(28)26(30)25(29)22-19-17-20-23-27/h10-11,24-30H,2-9,12-16,18,21,23H2,1H3/t24-,25+,26+/m0/s1. The second-order valence-electron chi connectivity index (χ2n) is 7.96. The van der Waals surface area contributed by atoms with Crippen LogP contribution in [-0.4, -0.2) is 45.3 Å². The van der Waals surface area contributed by atoms with Crippen molar-refractivity contribution in [1.82, 2.24) is 0 Å². The van der Waals surface area contributed by atoms with Crippen molar-refractivity contribution in [2.45, 2.75) is 122 Å². The molecule has 4 heteroatoms. The lowest BCUT2D eigenvalue weighted by atomic mass is 10.0. The Balaban J connectivity index is 3.54. The van der Waals surface area contributed by atoms with Gasteiger partial charge in [0, 0.05) is 0 Å². The predicted octanol–water partition coefficient (Wildman–Crippen LogP) is 4.50. The summed E-state index contributed by atoms with van der Waals surface area (Å²) in [5.74, 6) is 9.38. The van der Waals surface area contributed by atoms with E-state index in [1.807, 2.05) is 0 Å². The minimum Gasteiger partial charge on any atom is -0.390 e. The van der Waals surface area contributed by atoms with E-state index in [9.17, 15) is 15.3 Å². The average molecular weight is 421 g/mol. The van der Waals surface area contributed by atoms with Gasteiger partial charge >= 0.3 is 0 Å². The van der Waals surface area contributed by atoms with E-state index in [0.29, 0.717) is 6.42 Å². The highest BCUT2D eigenvalue weighted by Gasteiger charge is 2.22. The molecule has 0 aliphatic rings. The molecule has 30 heavy (non-hydrogen) atoms. The zero-order chi connectivity index (χ0) is 22.3. The molecule has 0 aliphatic carbocycles. The van der Waals surface area contributed by atoms with Gasteiger partial charge in [0.2, 0.25) is 0 Å². The van der Waals surface area contributed by atoms with Gasteiger partial charge in [-0.3, -0.25) is 0 Å². The van der Waals surface area contributed by atoms with Crippen molar-refractivity contribution in [3.63, 3.8) is 0 Å². The Morgan fingerprint density at radius 2 is 1.23 bits per heavy atom. The van der Waals surface area contributed by atoms with Gasteiger partial charge in [0.15, 0.2) is 0 Å². The topological polar surface area (TPSA) is 80.9 Å². The molecule has 0 spiro atoms. The first kappa shape index (κ1) is 28.7. The molecule has 0 fully saturated rings. The van der Waals surface area contributed by atoms with Crippen LogP contribution in [-0.2, 0) is 0 Å². The summed E-state index contributed by atoms with van der Waals surface area (Å²) in [6.07, 6.45) is 18.7. The number of aliphatic hydroxyl groups is 4. The monoisotopic (exact) mass is 420 g/mol. The van der Waals surface area contributed by atoms with E-state index in [-0.39, 0.29) is 6.61 Å². The van der Waals surface area contributed by atoms with E-state index >= 15 is 0 Å². The van der Waals surface area contributed by atoms with Crippen LogP contribution < -0.4 is 0 Å². The van der Waals surface area contributed by atoms with Crippen LogP contribution in [0.3, 0.4) is 0 Å². The zero-order valence-corrected chi connectivity index (χ0v) is 19.0. The molecule has 0 aromatic carbocycles. The van der Waals surface area contributed by atoms with Crippen LogP contribution in [0.25, 0.3) is 0 Å². The van der Waals surface area contributed by atoms with Gasteiger partial charge in [0.25, 0.3) is 0 Å². The Morgan fingerprint density at radius 1 is 0.700 bits per heavy atom. The van der Waals surface area contributed by atoms with Gasteiger partial charge in [-0.1, -0.05) is 95.1 Å². The Kier molecular flexibility index (Phi) is 21.4. The summed E-state index contributed by atoms with van der Waals surface area (Å²) in [7, 11) is 0. The largest absolute Gasteiger partial charge is 0.390 e.